The van der Waals surface area contributed by atoms with Crippen LogP contribution in [0.25, 0.3) is 0 Å². The zero-order chi connectivity index (χ0) is 11.8. The molecule has 16 heavy (non-hydrogen) atoms. The van der Waals surface area contributed by atoms with Gasteiger partial charge in [-0.05, 0) is 13.8 Å². The molecule has 5 nitrogen and oxygen atoms in total. The number of allylic oxidation sites excluding steroid dienone is 1. The second-order valence-electron chi connectivity index (χ2n) is 2.97. The van der Waals surface area contributed by atoms with Gasteiger partial charge in [-0.3, -0.25) is 0 Å². The normalized spacial score (nSPS) is 10.4. The number of ether oxygens (including phenoxy) is 2. The summed E-state index contributed by atoms with van der Waals surface area (Å²) in [6.07, 6.45) is 5.26. The van der Waals surface area contributed by atoms with E-state index in [2.05, 4.69) is 15.3 Å². The third-order valence-electron chi connectivity index (χ3n) is 1.87. The highest BCUT2D eigenvalue weighted by Crippen LogP contribution is 2.30. The van der Waals surface area contributed by atoms with Crippen molar-refractivity contribution in [3.05, 3.63) is 18.5 Å². The summed E-state index contributed by atoms with van der Waals surface area (Å²) < 4.78 is 10.7. The van der Waals surface area contributed by atoms with Gasteiger partial charge in [0.1, 0.15) is 12.9 Å². The molecule has 0 saturated carbocycles. The molecule has 5 heteroatoms. The number of nitrogens with one attached hydrogen (secondary N) is 1. The second kappa shape index (κ2) is 6.66. The van der Waals surface area contributed by atoms with Gasteiger partial charge in [0.25, 0.3) is 5.88 Å². The summed E-state index contributed by atoms with van der Waals surface area (Å²) in [5, 5.41) is 3.08. The molecule has 0 spiro atoms. The van der Waals surface area contributed by atoms with Gasteiger partial charge in [0.2, 0.25) is 5.75 Å². The summed E-state index contributed by atoms with van der Waals surface area (Å²) in [6.45, 7) is 5.16. The Balaban J connectivity index is 2.85. The molecule has 1 aromatic rings. The smallest absolute Gasteiger partial charge is 0.262 e. The first-order valence-electron chi connectivity index (χ1n) is 5.20. The predicted molar refractivity (Wildman–Crippen MR) is 63.1 cm³/mol. The molecule has 0 aromatic carbocycles. The van der Waals surface area contributed by atoms with Crippen LogP contribution in [0.15, 0.2) is 18.5 Å². The van der Waals surface area contributed by atoms with Crippen molar-refractivity contribution >= 4 is 5.82 Å². The highest BCUT2D eigenvalue weighted by molar-refractivity contribution is 5.54. The van der Waals surface area contributed by atoms with Crippen molar-refractivity contribution in [1.29, 1.82) is 0 Å². The fraction of sp³-hybridized carbons (Fsp3) is 0.455. The van der Waals surface area contributed by atoms with E-state index in [1.165, 1.54) is 6.33 Å². The van der Waals surface area contributed by atoms with Crippen LogP contribution >= 0.6 is 0 Å². The number of hydrogen-bond acceptors (Lipinski definition) is 5. The van der Waals surface area contributed by atoms with Crippen LogP contribution in [0.5, 0.6) is 11.6 Å². The van der Waals surface area contributed by atoms with Gasteiger partial charge in [-0.25, -0.2) is 4.98 Å². The molecule has 88 valence electrons. The average molecular weight is 223 g/mol. The Morgan fingerprint density at radius 2 is 2.25 bits per heavy atom. The molecule has 0 amide bonds. The highest BCUT2D eigenvalue weighted by Gasteiger charge is 2.11. The van der Waals surface area contributed by atoms with Gasteiger partial charge in [-0.1, -0.05) is 12.2 Å². The van der Waals surface area contributed by atoms with Gasteiger partial charge >= 0.3 is 0 Å². The van der Waals surface area contributed by atoms with E-state index in [1.54, 1.807) is 7.11 Å². The molecule has 0 atom stereocenters. The Morgan fingerprint density at radius 1 is 1.44 bits per heavy atom. The quantitative estimate of drug-likeness (QED) is 0.746. The van der Waals surface area contributed by atoms with Gasteiger partial charge in [-0.2, -0.15) is 4.98 Å². The summed E-state index contributed by atoms with van der Waals surface area (Å²) in [5.41, 5.74) is 0. The third-order valence-corrected chi connectivity index (χ3v) is 1.87. The Hall–Kier alpha value is -1.78. The lowest BCUT2D eigenvalue weighted by molar-refractivity contribution is 0.313. The molecular weight excluding hydrogens is 206 g/mol. The van der Waals surface area contributed by atoms with Crippen molar-refractivity contribution in [3.8, 4) is 11.6 Å². The van der Waals surface area contributed by atoms with E-state index >= 15 is 0 Å². The molecule has 1 aromatic heterocycles. The van der Waals surface area contributed by atoms with Crippen LogP contribution in [0.3, 0.4) is 0 Å². The fourth-order valence-corrected chi connectivity index (χ4v) is 1.16. The number of rotatable bonds is 6. The van der Waals surface area contributed by atoms with Crippen LogP contribution in [0.4, 0.5) is 5.82 Å². The largest absolute Gasteiger partial charge is 0.489 e. The molecule has 0 bridgehead atoms. The molecule has 1 rings (SSSR count). The summed E-state index contributed by atoms with van der Waals surface area (Å²) >= 11 is 0. The van der Waals surface area contributed by atoms with Crippen molar-refractivity contribution < 1.29 is 9.47 Å². The lowest BCUT2D eigenvalue weighted by Crippen LogP contribution is -2.05. The Labute approximate surface area is 95.5 Å². The first-order chi connectivity index (χ1) is 7.83. The third kappa shape index (κ3) is 3.12. The van der Waals surface area contributed by atoms with Gasteiger partial charge in [0.15, 0.2) is 5.82 Å². The van der Waals surface area contributed by atoms with Crippen molar-refractivity contribution in [3.63, 3.8) is 0 Å². The molecule has 1 N–H and O–H groups in total. The van der Waals surface area contributed by atoms with Crippen LogP contribution in [-0.4, -0.2) is 30.2 Å². The summed E-state index contributed by atoms with van der Waals surface area (Å²) in [6, 6.07) is 0. The summed E-state index contributed by atoms with van der Waals surface area (Å²) in [4.78, 5) is 8.11. The van der Waals surface area contributed by atoms with E-state index in [0.717, 1.165) is 6.54 Å². The number of methoxy groups -OCH3 is 1. The van der Waals surface area contributed by atoms with Gasteiger partial charge in [0, 0.05) is 6.54 Å². The van der Waals surface area contributed by atoms with Crippen LogP contribution < -0.4 is 14.8 Å². The van der Waals surface area contributed by atoms with Crippen LogP contribution in [-0.2, 0) is 0 Å². The van der Waals surface area contributed by atoms with Crippen molar-refractivity contribution in [2.75, 3.05) is 25.6 Å². The maximum Gasteiger partial charge on any atom is 0.262 e. The topological polar surface area (TPSA) is 56.3 Å². The molecule has 0 saturated heterocycles. The first kappa shape index (κ1) is 12.3. The maximum atomic E-state index is 5.45. The first-order valence-corrected chi connectivity index (χ1v) is 5.20. The monoisotopic (exact) mass is 223 g/mol. The molecule has 0 aliphatic heterocycles. The van der Waals surface area contributed by atoms with Crippen molar-refractivity contribution in [2.45, 2.75) is 13.8 Å². The zero-order valence-electron chi connectivity index (χ0n) is 9.86. The number of anilines is 1. The molecule has 0 aliphatic carbocycles. The average Bonchev–Trinajstić information content (AvgIpc) is 2.30. The fourth-order valence-electron chi connectivity index (χ4n) is 1.16. The predicted octanol–water partition coefficient (Wildman–Crippen LogP) is 1.87. The standard InChI is InChI=1S/C11H17N3O2/c1-4-6-7-16-11-9(15-3)10(12-5-2)13-8-14-11/h4,6,8H,5,7H2,1-3H3,(H,12,13,14)/b6-4+. The van der Waals surface area contributed by atoms with Crippen molar-refractivity contribution in [1.82, 2.24) is 9.97 Å². The van der Waals surface area contributed by atoms with E-state index in [9.17, 15) is 0 Å². The molecule has 0 radical (unpaired) electrons. The lowest BCUT2D eigenvalue weighted by Gasteiger charge is -2.11. The SMILES string of the molecule is C/C=C/COc1ncnc(NCC)c1OC. The van der Waals surface area contributed by atoms with E-state index in [1.807, 2.05) is 26.0 Å². The summed E-state index contributed by atoms with van der Waals surface area (Å²) in [7, 11) is 1.57. The second-order valence-corrected chi connectivity index (χ2v) is 2.97. The Bertz CT molecular complexity index is 353. The van der Waals surface area contributed by atoms with Crippen LogP contribution in [0.1, 0.15) is 13.8 Å². The minimum Gasteiger partial charge on any atom is -0.489 e. The lowest BCUT2D eigenvalue weighted by atomic mass is 10.4. The van der Waals surface area contributed by atoms with E-state index in [4.69, 9.17) is 9.47 Å². The van der Waals surface area contributed by atoms with Crippen LogP contribution in [0, 0.1) is 0 Å². The highest BCUT2D eigenvalue weighted by atomic mass is 16.5. The van der Waals surface area contributed by atoms with Gasteiger partial charge < -0.3 is 14.8 Å². The molecule has 1 heterocycles. The van der Waals surface area contributed by atoms with E-state index < -0.39 is 0 Å². The van der Waals surface area contributed by atoms with Crippen LogP contribution in [0.2, 0.25) is 0 Å². The number of nitrogens with zero attached hydrogens (tertiary/aromatic N) is 2. The van der Waals surface area contributed by atoms with Crippen molar-refractivity contribution in [2.24, 2.45) is 0 Å². The summed E-state index contributed by atoms with van der Waals surface area (Å²) in [5.74, 6) is 1.64. The van der Waals surface area contributed by atoms with Gasteiger partial charge in [-0.15, -0.1) is 0 Å². The molecule has 0 unspecified atom stereocenters. The molecular formula is C11H17N3O2. The van der Waals surface area contributed by atoms with Gasteiger partial charge in [0.05, 0.1) is 7.11 Å². The Morgan fingerprint density at radius 3 is 2.88 bits per heavy atom. The molecule has 0 aliphatic rings. The zero-order valence-corrected chi connectivity index (χ0v) is 9.86. The molecule has 0 fully saturated rings. The van der Waals surface area contributed by atoms with E-state index in [-0.39, 0.29) is 0 Å². The minimum atomic E-state index is 0.451. The minimum absolute atomic E-state index is 0.451. The Kier molecular flexibility index (Phi) is 5.11. The number of hydrogen-bond donors (Lipinski definition) is 1. The van der Waals surface area contributed by atoms with E-state index in [0.29, 0.717) is 24.1 Å². The number of aromatic nitrogens is 2. The maximum absolute atomic E-state index is 5.45.